The summed E-state index contributed by atoms with van der Waals surface area (Å²) in [6, 6.07) is 9.09. The molecule has 0 aliphatic carbocycles. The van der Waals surface area contributed by atoms with Gasteiger partial charge < -0.3 is 10.4 Å². The molecule has 0 saturated carbocycles. The van der Waals surface area contributed by atoms with E-state index < -0.39 is 5.97 Å². The summed E-state index contributed by atoms with van der Waals surface area (Å²) in [6.07, 6.45) is 3.15. The van der Waals surface area contributed by atoms with E-state index in [4.69, 9.17) is 11.6 Å². The van der Waals surface area contributed by atoms with Crippen molar-refractivity contribution in [3.63, 3.8) is 0 Å². The molecule has 6 nitrogen and oxygen atoms in total. The maximum atomic E-state index is 11.6. The summed E-state index contributed by atoms with van der Waals surface area (Å²) in [6.45, 7) is 0. The third-order valence-electron chi connectivity index (χ3n) is 2.95. The first-order valence-corrected chi connectivity index (χ1v) is 8.91. The first kappa shape index (κ1) is 16.7. The van der Waals surface area contributed by atoms with Gasteiger partial charge in [0.1, 0.15) is 15.6 Å². The van der Waals surface area contributed by atoms with E-state index in [1.54, 1.807) is 30.6 Å². The molecule has 0 fully saturated rings. The lowest BCUT2D eigenvalue weighted by atomic mass is 10.2. The Bertz CT molecular complexity index is 840. The second-order valence-electron chi connectivity index (χ2n) is 4.61. The minimum atomic E-state index is -1.04. The van der Waals surface area contributed by atoms with Crippen LogP contribution in [-0.2, 0) is 5.75 Å². The standard InChI is InChI=1S/C15H11ClN4O2S2/c16-10-4-2-9(3-5-10)8-23-13-11(14(21)22)12(24-20-13)19-15-17-6-1-7-18-15/h1-7H,8H2,(H,21,22)(H,17,18,19). The van der Waals surface area contributed by atoms with E-state index in [-0.39, 0.29) is 5.56 Å². The summed E-state index contributed by atoms with van der Waals surface area (Å²) in [5.74, 6) is -0.110. The molecule has 0 bridgehead atoms. The van der Waals surface area contributed by atoms with Crippen molar-refractivity contribution >= 4 is 51.8 Å². The zero-order valence-corrected chi connectivity index (χ0v) is 14.5. The predicted octanol–water partition coefficient (Wildman–Crippen LogP) is 4.32. The van der Waals surface area contributed by atoms with Crippen LogP contribution in [0, 0.1) is 0 Å². The van der Waals surface area contributed by atoms with E-state index in [0.29, 0.717) is 26.8 Å². The zero-order chi connectivity index (χ0) is 16.9. The SMILES string of the molecule is O=C(O)c1c(SCc2ccc(Cl)cc2)nsc1Nc1ncccn1. The number of hydrogen-bond acceptors (Lipinski definition) is 7. The number of carboxylic acid groups (broad SMARTS) is 1. The molecule has 0 spiro atoms. The Morgan fingerprint density at radius 3 is 2.62 bits per heavy atom. The summed E-state index contributed by atoms with van der Waals surface area (Å²) >= 11 is 8.29. The third kappa shape index (κ3) is 4.02. The molecule has 2 aromatic heterocycles. The lowest BCUT2D eigenvalue weighted by molar-refractivity contribution is 0.0694. The lowest BCUT2D eigenvalue weighted by Gasteiger charge is -2.04. The second-order valence-corrected chi connectivity index (χ2v) is 6.78. The molecule has 0 saturated heterocycles. The summed E-state index contributed by atoms with van der Waals surface area (Å²) < 4.78 is 4.25. The minimum Gasteiger partial charge on any atom is -0.477 e. The highest BCUT2D eigenvalue weighted by Gasteiger charge is 2.21. The molecule has 1 aromatic carbocycles. The quantitative estimate of drug-likeness (QED) is 0.617. The number of hydrogen-bond donors (Lipinski definition) is 2. The smallest absolute Gasteiger partial charge is 0.341 e. The predicted molar refractivity (Wildman–Crippen MR) is 95.4 cm³/mol. The number of anilines is 2. The summed E-state index contributed by atoms with van der Waals surface area (Å²) in [7, 11) is 0. The number of aromatic nitrogens is 3. The molecule has 3 rings (SSSR count). The Morgan fingerprint density at radius 2 is 1.96 bits per heavy atom. The Balaban J connectivity index is 1.78. The number of nitrogens with one attached hydrogen (secondary N) is 1. The van der Waals surface area contributed by atoms with Crippen molar-refractivity contribution in [3.8, 4) is 0 Å². The first-order valence-electron chi connectivity index (χ1n) is 6.78. The van der Waals surface area contributed by atoms with Crippen molar-refractivity contribution in [1.29, 1.82) is 0 Å². The van der Waals surface area contributed by atoms with Gasteiger partial charge in [0.15, 0.2) is 0 Å². The molecule has 24 heavy (non-hydrogen) atoms. The summed E-state index contributed by atoms with van der Waals surface area (Å²) in [5.41, 5.74) is 1.17. The molecule has 0 amide bonds. The molecule has 3 aromatic rings. The van der Waals surface area contributed by atoms with Gasteiger partial charge in [0.25, 0.3) is 0 Å². The van der Waals surface area contributed by atoms with Gasteiger partial charge in [0.05, 0.1) is 0 Å². The maximum Gasteiger partial charge on any atom is 0.341 e. The number of carbonyl (C=O) groups is 1. The van der Waals surface area contributed by atoms with Gasteiger partial charge in [-0.15, -0.1) is 0 Å². The normalized spacial score (nSPS) is 10.5. The van der Waals surface area contributed by atoms with Gasteiger partial charge in [-0.1, -0.05) is 35.5 Å². The Morgan fingerprint density at radius 1 is 1.25 bits per heavy atom. The van der Waals surface area contributed by atoms with Crippen LogP contribution in [0.15, 0.2) is 47.8 Å². The molecule has 122 valence electrons. The average molecular weight is 379 g/mol. The molecule has 9 heteroatoms. The third-order valence-corrected chi connectivity index (χ3v) is 5.13. The highest BCUT2D eigenvalue weighted by atomic mass is 35.5. The molecule has 0 aliphatic heterocycles. The van der Waals surface area contributed by atoms with E-state index in [2.05, 4.69) is 19.7 Å². The van der Waals surface area contributed by atoms with Crippen LogP contribution in [0.1, 0.15) is 15.9 Å². The molecule has 2 N–H and O–H groups in total. The van der Waals surface area contributed by atoms with Crippen molar-refractivity contribution in [2.45, 2.75) is 10.8 Å². The fraction of sp³-hybridized carbons (Fsp3) is 0.0667. The highest BCUT2D eigenvalue weighted by Crippen LogP contribution is 2.34. The van der Waals surface area contributed by atoms with Gasteiger partial charge in [-0.2, -0.15) is 4.37 Å². The van der Waals surface area contributed by atoms with E-state index in [0.717, 1.165) is 17.1 Å². The monoisotopic (exact) mass is 378 g/mol. The van der Waals surface area contributed by atoms with E-state index in [1.165, 1.54) is 11.8 Å². The largest absolute Gasteiger partial charge is 0.477 e. The van der Waals surface area contributed by atoms with Crippen molar-refractivity contribution < 1.29 is 9.90 Å². The second kappa shape index (κ2) is 7.61. The van der Waals surface area contributed by atoms with Crippen LogP contribution >= 0.6 is 34.9 Å². The van der Waals surface area contributed by atoms with Crippen molar-refractivity contribution in [2.24, 2.45) is 0 Å². The van der Waals surface area contributed by atoms with Gasteiger partial charge in [0, 0.05) is 23.2 Å². The maximum absolute atomic E-state index is 11.6. The Kier molecular flexibility index (Phi) is 5.29. The Hall–Kier alpha value is -2.16. The van der Waals surface area contributed by atoms with Crippen LogP contribution in [0.3, 0.4) is 0 Å². The van der Waals surface area contributed by atoms with E-state index in [1.807, 2.05) is 12.1 Å². The highest BCUT2D eigenvalue weighted by molar-refractivity contribution is 7.98. The van der Waals surface area contributed by atoms with E-state index in [9.17, 15) is 9.90 Å². The van der Waals surface area contributed by atoms with Crippen LogP contribution < -0.4 is 5.32 Å². The fourth-order valence-corrected chi connectivity index (χ4v) is 3.87. The minimum absolute atomic E-state index is 0.131. The summed E-state index contributed by atoms with van der Waals surface area (Å²) in [5, 5.41) is 13.9. The molecule has 0 radical (unpaired) electrons. The van der Waals surface area contributed by atoms with Crippen LogP contribution in [0.5, 0.6) is 0 Å². The number of carboxylic acids is 1. The zero-order valence-electron chi connectivity index (χ0n) is 12.1. The van der Waals surface area contributed by atoms with Gasteiger partial charge in [0.2, 0.25) is 5.95 Å². The number of benzene rings is 1. The van der Waals surface area contributed by atoms with Crippen LogP contribution in [0.25, 0.3) is 0 Å². The molecule has 0 aliphatic rings. The fourth-order valence-electron chi connectivity index (χ4n) is 1.85. The van der Waals surface area contributed by atoms with E-state index >= 15 is 0 Å². The molecular weight excluding hydrogens is 368 g/mol. The van der Waals surface area contributed by atoms with Crippen LogP contribution in [-0.4, -0.2) is 25.4 Å². The van der Waals surface area contributed by atoms with Crippen molar-refractivity contribution in [2.75, 3.05) is 5.32 Å². The number of thioether (sulfide) groups is 1. The Labute approximate surface area is 151 Å². The van der Waals surface area contributed by atoms with Gasteiger partial charge in [-0.25, -0.2) is 14.8 Å². The lowest BCUT2D eigenvalue weighted by Crippen LogP contribution is -2.02. The number of aromatic carboxylic acids is 1. The van der Waals surface area contributed by atoms with Crippen molar-refractivity contribution in [3.05, 3.63) is 58.9 Å². The molecule has 0 atom stereocenters. The summed E-state index contributed by atoms with van der Waals surface area (Å²) in [4.78, 5) is 19.7. The van der Waals surface area contributed by atoms with Crippen LogP contribution in [0.2, 0.25) is 5.02 Å². The molecule has 0 unspecified atom stereocenters. The van der Waals surface area contributed by atoms with Gasteiger partial charge in [-0.05, 0) is 35.3 Å². The van der Waals surface area contributed by atoms with Gasteiger partial charge >= 0.3 is 5.97 Å². The number of nitrogens with zero attached hydrogens (tertiary/aromatic N) is 3. The van der Waals surface area contributed by atoms with Gasteiger partial charge in [-0.3, -0.25) is 0 Å². The number of rotatable bonds is 6. The molecular formula is C15H11ClN4O2S2. The molecule has 2 heterocycles. The van der Waals surface area contributed by atoms with Crippen molar-refractivity contribution in [1.82, 2.24) is 14.3 Å². The van der Waals surface area contributed by atoms with Crippen LogP contribution in [0.4, 0.5) is 10.9 Å². The topological polar surface area (TPSA) is 88.0 Å². The first-order chi connectivity index (χ1) is 11.6. The number of halogens is 1. The average Bonchev–Trinajstić information content (AvgIpc) is 2.98.